The van der Waals surface area contributed by atoms with Crippen molar-refractivity contribution in [3.63, 3.8) is 0 Å². The Kier molecular flexibility index (Phi) is 3.94. The molecule has 0 N–H and O–H groups in total. The zero-order valence-corrected chi connectivity index (χ0v) is 11.0. The third-order valence-corrected chi connectivity index (χ3v) is 3.27. The Morgan fingerprint density at radius 1 is 1.44 bits per heavy atom. The number of carbonyl (C=O) groups is 1. The van der Waals surface area contributed by atoms with Gasteiger partial charge in [0, 0.05) is 12.3 Å². The summed E-state index contributed by atoms with van der Waals surface area (Å²) in [4.78, 5) is 16.1. The van der Waals surface area contributed by atoms with Crippen molar-refractivity contribution in [2.24, 2.45) is 0 Å². The Morgan fingerprint density at radius 2 is 2.28 bits per heavy atom. The predicted octanol–water partition coefficient (Wildman–Crippen LogP) is 2.85. The Labute approximate surface area is 109 Å². The summed E-state index contributed by atoms with van der Waals surface area (Å²) in [6.45, 7) is 2.34. The number of thiazole rings is 1. The van der Waals surface area contributed by atoms with Crippen LogP contribution in [0.1, 0.15) is 20.2 Å². The summed E-state index contributed by atoms with van der Waals surface area (Å²) >= 11 is 1.57. The molecule has 0 bridgehead atoms. The van der Waals surface area contributed by atoms with Crippen LogP contribution in [0.3, 0.4) is 0 Å². The maximum absolute atomic E-state index is 10.9. The van der Waals surface area contributed by atoms with E-state index in [0.29, 0.717) is 23.7 Å². The quantitative estimate of drug-likeness (QED) is 0.778. The molecule has 0 amide bonds. The highest BCUT2D eigenvalue weighted by atomic mass is 32.1. The fraction of sp³-hybridized carbons (Fsp3) is 0.231. The highest BCUT2D eigenvalue weighted by molar-refractivity contribution is 7.11. The SMILES string of the molecule is COc1ccc(C=O)c(OCc2cnc(C)s2)c1. The van der Waals surface area contributed by atoms with E-state index in [1.165, 1.54) is 0 Å². The second kappa shape index (κ2) is 5.64. The Morgan fingerprint density at radius 3 is 2.89 bits per heavy atom. The van der Waals surface area contributed by atoms with Crippen molar-refractivity contribution in [1.29, 1.82) is 0 Å². The van der Waals surface area contributed by atoms with Gasteiger partial charge < -0.3 is 9.47 Å². The minimum Gasteiger partial charge on any atom is -0.497 e. The smallest absolute Gasteiger partial charge is 0.153 e. The molecular weight excluding hydrogens is 250 g/mol. The normalized spacial score (nSPS) is 10.1. The van der Waals surface area contributed by atoms with E-state index < -0.39 is 0 Å². The van der Waals surface area contributed by atoms with Gasteiger partial charge in [-0.25, -0.2) is 4.98 Å². The fourth-order valence-electron chi connectivity index (χ4n) is 1.48. The van der Waals surface area contributed by atoms with E-state index in [1.807, 2.05) is 6.92 Å². The number of carbonyl (C=O) groups excluding carboxylic acids is 1. The van der Waals surface area contributed by atoms with E-state index in [4.69, 9.17) is 9.47 Å². The number of aryl methyl sites for hydroxylation is 1. The van der Waals surface area contributed by atoms with Crippen LogP contribution >= 0.6 is 11.3 Å². The van der Waals surface area contributed by atoms with Gasteiger partial charge in [0.25, 0.3) is 0 Å². The van der Waals surface area contributed by atoms with Crippen LogP contribution in [0.5, 0.6) is 11.5 Å². The standard InChI is InChI=1S/C13H13NO3S/c1-9-14-6-12(18-9)8-17-13-5-11(16-2)4-3-10(13)7-15/h3-7H,8H2,1-2H3. The van der Waals surface area contributed by atoms with E-state index in [1.54, 1.807) is 42.8 Å². The van der Waals surface area contributed by atoms with Gasteiger partial charge in [-0.05, 0) is 19.1 Å². The number of rotatable bonds is 5. The van der Waals surface area contributed by atoms with E-state index in [9.17, 15) is 4.79 Å². The van der Waals surface area contributed by atoms with Gasteiger partial charge >= 0.3 is 0 Å². The molecule has 0 fully saturated rings. The molecule has 1 aromatic heterocycles. The lowest BCUT2D eigenvalue weighted by molar-refractivity contribution is 0.111. The summed E-state index contributed by atoms with van der Waals surface area (Å²) in [5, 5.41) is 0.995. The Hall–Kier alpha value is -1.88. The summed E-state index contributed by atoms with van der Waals surface area (Å²) in [6, 6.07) is 5.12. The van der Waals surface area contributed by atoms with Gasteiger partial charge in [-0.2, -0.15) is 0 Å². The van der Waals surface area contributed by atoms with Crippen LogP contribution in [-0.4, -0.2) is 18.4 Å². The summed E-state index contributed by atoms with van der Waals surface area (Å²) < 4.78 is 10.7. The molecule has 5 heteroatoms. The molecule has 0 aliphatic rings. The Balaban J connectivity index is 2.14. The van der Waals surface area contributed by atoms with Gasteiger partial charge in [0.05, 0.1) is 22.6 Å². The fourth-order valence-corrected chi connectivity index (χ4v) is 2.19. The summed E-state index contributed by atoms with van der Waals surface area (Å²) in [7, 11) is 1.58. The first-order valence-corrected chi connectivity index (χ1v) is 6.22. The van der Waals surface area contributed by atoms with Crippen LogP contribution in [0.2, 0.25) is 0 Å². The number of hydrogen-bond donors (Lipinski definition) is 0. The number of aldehydes is 1. The van der Waals surface area contributed by atoms with Gasteiger partial charge in [0.2, 0.25) is 0 Å². The highest BCUT2D eigenvalue weighted by Crippen LogP contribution is 2.25. The highest BCUT2D eigenvalue weighted by Gasteiger charge is 2.06. The van der Waals surface area contributed by atoms with Crippen LogP contribution < -0.4 is 9.47 Å². The molecule has 0 saturated heterocycles. The van der Waals surface area contributed by atoms with Gasteiger partial charge in [-0.3, -0.25) is 4.79 Å². The number of hydrogen-bond acceptors (Lipinski definition) is 5. The number of ether oxygens (including phenoxy) is 2. The monoisotopic (exact) mass is 263 g/mol. The van der Waals surface area contributed by atoms with Gasteiger partial charge in [0.1, 0.15) is 18.1 Å². The molecule has 2 rings (SSSR count). The van der Waals surface area contributed by atoms with Crippen molar-refractivity contribution in [3.8, 4) is 11.5 Å². The van der Waals surface area contributed by atoms with E-state index in [-0.39, 0.29) is 0 Å². The molecule has 0 saturated carbocycles. The molecule has 1 aromatic carbocycles. The Bertz CT molecular complexity index is 551. The molecule has 94 valence electrons. The molecule has 18 heavy (non-hydrogen) atoms. The third kappa shape index (κ3) is 2.87. The maximum Gasteiger partial charge on any atom is 0.153 e. The third-order valence-electron chi connectivity index (χ3n) is 2.39. The first-order valence-electron chi connectivity index (χ1n) is 5.40. The van der Waals surface area contributed by atoms with E-state index in [0.717, 1.165) is 16.2 Å². The van der Waals surface area contributed by atoms with Crippen molar-refractivity contribution in [2.75, 3.05) is 7.11 Å². The lowest BCUT2D eigenvalue weighted by Gasteiger charge is -2.08. The van der Waals surface area contributed by atoms with Crippen molar-refractivity contribution < 1.29 is 14.3 Å². The zero-order valence-electron chi connectivity index (χ0n) is 10.2. The van der Waals surface area contributed by atoms with Crippen LogP contribution in [0.4, 0.5) is 0 Å². The van der Waals surface area contributed by atoms with E-state index in [2.05, 4.69) is 4.98 Å². The molecule has 0 unspecified atom stereocenters. The van der Waals surface area contributed by atoms with Crippen LogP contribution in [0.15, 0.2) is 24.4 Å². The van der Waals surface area contributed by atoms with E-state index >= 15 is 0 Å². The minimum absolute atomic E-state index is 0.402. The van der Waals surface area contributed by atoms with Gasteiger partial charge in [-0.1, -0.05) is 0 Å². The molecule has 1 heterocycles. The molecule has 0 spiro atoms. The summed E-state index contributed by atoms with van der Waals surface area (Å²) in [5.41, 5.74) is 0.511. The predicted molar refractivity (Wildman–Crippen MR) is 69.6 cm³/mol. The molecule has 0 atom stereocenters. The largest absolute Gasteiger partial charge is 0.497 e. The number of nitrogens with zero attached hydrogens (tertiary/aromatic N) is 1. The van der Waals surface area contributed by atoms with Crippen LogP contribution in [0, 0.1) is 6.92 Å². The van der Waals surface area contributed by atoms with Gasteiger partial charge in [-0.15, -0.1) is 11.3 Å². The van der Waals surface area contributed by atoms with Crippen LogP contribution in [0.25, 0.3) is 0 Å². The topological polar surface area (TPSA) is 48.4 Å². The summed E-state index contributed by atoms with van der Waals surface area (Å²) in [6.07, 6.45) is 2.55. The van der Waals surface area contributed by atoms with Crippen LogP contribution in [-0.2, 0) is 6.61 Å². The first kappa shape index (κ1) is 12.6. The molecule has 0 aliphatic carbocycles. The lowest BCUT2D eigenvalue weighted by atomic mass is 10.2. The minimum atomic E-state index is 0.402. The van der Waals surface area contributed by atoms with Crippen molar-refractivity contribution in [3.05, 3.63) is 39.8 Å². The second-order valence-electron chi connectivity index (χ2n) is 3.66. The van der Waals surface area contributed by atoms with Gasteiger partial charge in [0.15, 0.2) is 6.29 Å². The number of methoxy groups -OCH3 is 1. The molecular formula is C13H13NO3S. The second-order valence-corrected chi connectivity index (χ2v) is 4.98. The number of aromatic nitrogens is 1. The molecule has 0 aliphatic heterocycles. The van der Waals surface area contributed by atoms with Crippen molar-refractivity contribution in [2.45, 2.75) is 13.5 Å². The van der Waals surface area contributed by atoms with Crippen molar-refractivity contribution in [1.82, 2.24) is 4.98 Å². The molecule has 4 nitrogen and oxygen atoms in total. The zero-order chi connectivity index (χ0) is 13.0. The average molecular weight is 263 g/mol. The lowest BCUT2D eigenvalue weighted by Crippen LogP contribution is -1.97. The van der Waals surface area contributed by atoms with Crippen molar-refractivity contribution >= 4 is 17.6 Å². The summed E-state index contributed by atoms with van der Waals surface area (Å²) in [5.74, 6) is 1.19. The first-order chi connectivity index (χ1) is 8.72. The number of benzene rings is 1. The average Bonchev–Trinajstić information content (AvgIpc) is 2.81. The molecule has 0 radical (unpaired) electrons. The maximum atomic E-state index is 10.9. The molecule has 2 aromatic rings.